The Morgan fingerprint density at radius 1 is 1.04 bits per heavy atom. The van der Waals surface area contributed by atoms with Crippen molar-refractivity contribution in [2.45, 2.75) is 19.5 Å². The third kappa shape index (κ3) is 3.85. The lowest BCUT2D eigenvalue weighted by Crippen LogP contribution is -2.28. The molecule has 2 aromatic heterocycles. The normalized spacial score (nSPS) is 11.1. The predicted molar refractivity (Wildman–Crippen MR) is 112 cm³/mol. The number of fused-ring (bicyclic) bond motifs is 1. The van der Waals surface area contributed by atoms with Crippen molar-refractivity contribution in [3.8, 4) is 0 Å². The quantitative estimate of drug-likeness (QED) is 0.434. The molecule has 0 fully saturated rings. The van der Waals surface area contributed by atoms with E-state index in [0.717, 1.165) is 28.7 Å². The second-order valence-corrected chi connectivity index (χ2v) is 7.83. The van der Waals surface area contributed by atoms with Crippen LogP contribution in [0.2, 0.25) is 0 Å². The average Bonchev–Trinajstić information content (AvgIpc) is 3.28. The van der Waals surface area contributed by atoms with Crippen LogP contribution in [0.3, 0.4) is 0 Å². The third-order valence-corrected chi connectivity index (χ3v) is 5.72. The van der Waals surface area contributed by atoms with Gasteiger partial charge in [-0.15, -0.1) is 11.3 Å². The smallest absolute Gasteiger partial charge is 0.270 e. The summed E-state index contributed by atoms with van der Waals surface area (Å²) in [6.45, 7) is 1.10. The van der Waals surface area contributed by atoms with Crippen LogP contribution in [-0.4, -0.2) is 22.4 Å². The zero-order valence-corrected chi connectivity index (χ0v) is 16.5. The van der Waals surface area contributed by atoms with Gasteiger partial charge in [0.1, 0.15) is 11.5 Å². The summed E-state index contributed by atoms with van der Waals surface area (Å²) in [5, 5.41) is 2.05. The maximum Gasteiger partial charge on any atom is 0.270 e. The molecule has 0 aliphatic heterocycles. The number of hydrogen-bond acceptors (Lipinski definition) is 2. The van der Waals surface area contributed by atoms with Gasteiger partial charge in [-0.1, -0.05) is 42.5 Å². The zero-order valence-electron chi connectivity index (χ0n) is 15.6. The van der Waals surface area contributed by atoms with E-state index in [9.17, 15) is 9.18 Å². The first-order valence-electron chi connectivity index (χ1n) is 9.22. The maximum atomic E-state index is 13.5. The van der Waals surface area contributed by atoms with E-state index in [1.165, 1.54) is 17.7 Å². The summed E-state index contributed by atoms with van der Waals surface area (Å²) < 4.78 is 16.7. The van der Waals surface area contributed by atoms with Gasteiger partial charge in [-0.2, -0.15) is 0 Å². The minimum Gasteiger partial charge on any atom is -0.336 e. The number of rotatable bonds is 6. The fourth-order valence-corrected chi connectivity index (χ4v) is 4.28. The van der Waals surface area contributed by atoms with Gasteiger partial charge in [-0.05, 0) is 47.2 Å². The highest BCUT2D eigenvalue weighted by Gasteiger charge is 2.20. The molecule has 142 valence electrons. The standard InChI is InChI=1S/C23H21FN2OS/c1-25(16-18-8-5-9-19(24)14-18)23(27)21-15-22-20(11-13-28-22)26(21)12-10-17-6-3-2-4-7-17/h2-9,11,13-15H,10,12,16H2,1H3. The molecule has 0 radical (unpaired) electrons. The molecule has 0 aliphatic carbocycles. The Kier molecular flexibility index (Phi) is 5.26. The topological polar surface area (TPSA) is 25.2 Å². The minimum absolute atomic E-state index is 0.0549. The van der Waals surface area contributed by atoms with Crippen molar-refractivity contribution in [2.24, 2.45) is 0 Å². The molecule has 0 aliphatic rings. The fourth-order valence-electron chi connectivity index (χ4n) is 3.46. The van der Waals surface area contributed by atoms with E-state index in [1.54, 1.807) is 29.4 Å². The van der Waals surface area contributed by atoms with E-state index in [2.05, 4.69) is 28.1 Å². The Morgan fingerprint density at radius 2 is 1.82 bits per heavy atom. The molecular formula is C23H21FN2OS. The van der Waals surface area contributed by atoms with Crippen LogP contribution in [0.15, 0.2) is 72.1 Å². The summed E-state index contributed by atoms with van der Waals surface area (Å²) in [5.74, 6) is -0.342. The molecule has 4 rings (SSSR count). The SMILES string of the molecule is CN(Cc1cccc(F)c1)C(=O)c1cc2sccc2n1CCc1ccccc1. The van der Waals surface area contributed by atoms with Crippen LogP contribution >= 0.6 is 11.3 Å². The highest BCUT2D eigenvalue weighted by atomic mass is 32.1. The third-order valence-electron chi connectivity index (χ3n) is 4.86. The number of benzene rings is 2. The first-order valence-corrected chi connectivity index (χ1v) is 10.1. The van der Waals surface area contributed by atoms with Gasteiger partial charge in [0.05, 0.1) is 10.2 Å². The summed E-state index contributed by atoms with van der Waals surface area (Å²) in [6.07, 6.45) is 0.856. The number of amides is 1. The van der Waals surface area contributed by atoms with Crippen LogP contribution in [0.25, 0.3) is 10.2 Å². The number of nitrogens with zero attached hydrogens (tertiary/aromatic N) is 2. The molecular weight excluding hydrogens is 371 g/mol. The molecule has 1 amide bonds. The number of aryl methyl sites for hydroxylation is 2. The monoisotopic (exact) mass is 392 g/mol. The number of carbonyl (C=O) groups is 1. The Balaban J connectivity index is 1.58. The number of hydrogen-bond donors (Lipinski definition) is 0. The average molecular weight is 392 g/mol. The van der Waals surface area contributed by atoms with Crippen LogP contribution in [0.4, 0.5) is 4.39 Å². The summed E-state index contributed by atoms with van der Waals surface area (Å²) in [4.78, 5) is 14.8. The lowest BCUT2D eigenvalue weighted by Gasteiger charge is -2.19. The second-order valence-electron chi connectivity index (χ2n) is 6.88. The Hall–Kier alpha value is -2.92. The first kappa shape index (κ1) is 18.4. The Labute approximate surface area is 167 Å². The minimum atomic E-state index is -0.287. The molecule has 2 aromatic carbocycles. The predicted octanol–water partition coefficient (Wildman–Crippen LogP) is 5.36. The zero-order chi connectivity index (χ0) is 19.5. The van der Waals surface area contributed by atoms with E-state index in [1.807, 2.05) is 30.3 Å². The van der Waals surface area contributed by atoms with E-state index in [0.29, 0.717) is 12.2 Å². The lowest BCUT2D eigenvalue weighted by atomic mass is 10.1. The van der Waals surface area contributed by atoms with Gasteiger partial charge in [-0.3, -0.25) is 4.79 Å². The van der Waals surface area contributed by atoms with Gasteiger partial charge in [0.2, 0.25) is 0 Å². The van der Waals surface area contributed by atoms with Crippen molar-refractivity contribution in [3.63, 3.8) is 0 Å². The van der Waals surface area contributed by atoms with Crippen molar-refractivity contribution in [1.29, 1.82) is 0 Å². The van der Waals surface area contributed by atoms with Crippen LogP contribution in [0.1, 0.15) is 21.6 Å². The number of halogens is 1. The Bertz CT molecular complexity index is 1100. The van der Waals surface area contributed by atoms with Crippen molar-refractivity contribution < 1.29 is 9.18 Å². The van der Waals surface area contributed by atoms with Crippen molar-refractivity contribution in [3.05, 3.63) is 94.7 Å². The van der Waals surface area contributed by atoms with Gasteiger partial charge in [0.25, 0.3) is 5.91 Å². The second kappa shape index (κ2) is 7.98. The number of thiophene rings is 1. The van der Waals surface area contributed by atoms with Gasteiger partial charge >= 0.3 is 0 Å². The van der Waals surface area contributed by atoms with Crippen LogP contribution in [0, 0.1) is 5.82 Å². The van der Waals surface area contributed by atoms with Crippen molar-refractivity contribution in [2.75, 3.05) is 7.05 Å². The van der Waals surface area contributed by atoms with Crippen molar-refractivity contribution >= 4 is 27.5 Å². The molecule has 0 unspecified atom stereocenters. The molecule has 0 spiro atoms. The molecule has 28 heavy (non-hydrogen) atoms. The van der Waals surface area contributed by atoms with E-state index in [4.69, 9.17) is 0 Å². The Morgan fingerprint density at radius 3 is 2.61 bits per heavy atom. The van der Waals surface area contributed by atoms with E-state index < -0.39 is 0 Å². The molecule has 5 heteroatoms. The van der Waals surface area contributed by atoms with Crippen LogP contribution in [0.5, 0.6) is 0 Å². The molecule has 2 heterocycles. The van der Waals surface area contributed by atoms with E-state index >= 15 is 0 Å². The number of carbonyl (C=O) groups excluding carboxylic acids is 1. The van der Waals surface area contributed by atoms with Gasteiger partial charge in [-0.25, -0.2) is 4.39 Å². The molecule has 4 aromatic rings. The molecule has 0 bridgehead atoms. The van der Waals surface area contributed by atoms with Gasteiger partial charge in [0, 0.05) is 20.1 Å². The summed E-state index contributed by atoms with van der Waals surface area (Å²) in [6, 6.07) is 20.7. The number of aromatic nitrogens is 1. The van der Waals surface area contributed by atoms with Crippen LogP contribution < -0.4 is 0 Å². The first-order chi connectivity index (χ1) is 13.6. The van der Waals surface area contributed by atoms with Crippen LogP contribution in [-0.2, 0) is 19.5 Å². The molecule has 3 nitrogen and oxygen atoms in total. The lowest BCUT2D eigenvalue weighted by molar-refractivity contribution is 0.0774. The highest BCUT2D eigenvalue weighted by molar-refractivity contribution is 7.17. The summed E-state index contributed by atoms with van der Waals surface area (Å²) >= 11 is 1.64. The summed E-state index contributed by atoms with van der Waals surface area (Å²) in [5.41, 5.74) is 3.78. The van der Waals surface area contributed by atoms with Crippen molar-refractivity contribution in [1.82, 2.24) is 9.47 Å². The highest BCUT2D eigenvalue weighted by Crippen LogP contribution is 2.27. The maximum absolute atomic E-state index is 13.5. The summed E-state index contributed by atoms with van der Waals surface area (Å²) in [7, 11) is 1.76. The molecule has 0 N–H and O–H groups in total. The molecule has 0 saturated heterocycles. The largest absolute Gasteiger partial charge is 0.336 e. The molecule has 0 atom stereocenters. The van der Waals surface area contributed by atoms with Gasteiger partial charge in [0.15, 0.2) is 0 Å². The van der Waals surface area contributed by atoms with Gasteiger partial charge < -0.3 is 9.47 Å². The fraction of sp³-hybridized carbons (Fsp3) is 0.174. The molecule has 0 saturated carbocycles. The van der Waals surface area contributed by atoms with E-state index in [-0.39, 0.29) is 11.7 Å².